The lowest BCUT2D eigenvalue weighted by Crippen LogP contribution is -2.42. The molecule has 2 rings (SSSR count). The van der Waals surface area contributed by atoms with Crippen LogP contribution in [-0.2, 0) is 0 Å². The Morgan fingerprint density at radius 3 is 2.67 bits per heavy atom. The average Bonchev–Trinajstić information content (AvgIpc) is 2.32. The van der Waals surface area contributed by atoms with E-state index in [1.807, 2.05) is 13.0 Å². The van der Waals surface area contributed by atoms with Gasteiger partial charge in [0, 0.05) is 30.9 Å². The van der Waals surface area contributed by atoms with Crippen molar-refractivity contribution in [3.8, 4) is 0 Å². The largest absolute Gasteiger partial charge is 0.396 e. The van der Waals surface area contributed by atoms with Crippen LogP contribution in [0.1, 0.15) is 44.2 Å². The maximum atomic E-state index is 9.06. The van der Waals surface area contributed by atoms with Gasteiger partial charge in [-0.25, -0.2) is 0 Å². The zero-order valence-electron chi connectivity index (χ0n) is 11.2. The Morgan fingerprint density at radius 2 is 2.11 bits per heavy atom. The molecule has 1 saturated carbocycles. The minimum absolute atomic E-state index is 0.0536. The molecule has 0 heterocycles. The number of nitrogens with zero attached hydrogens (tertiary/aromatic N) is 1. The minimum atomic E-state index is 0.0536. The highest BCUT2D eigenvalue weighted by molar-refractivity contribution is 5.56. The third-order valence-electron chi connectivity index (χ3n) is 3.81. The summed E-state index contributed by atoms with van der Waals surface area (Å²) in [7, 11) is 0. The number of hydrogen-bond donors (Lipinski definition) is 2. The molecular weight excluding hydrogens is 224 g/mol. The lowest BCUT2D eigenvalue weighted by atomic mass is 9.90. The molecule has 0 aliphatic heterocycles. The summed E-state index contributed by atoms with van der Waals surface area (Å²) >= 11 is 0. The van der Waals surface area contributed by atoms with Crippen LogP contribution in [0, 0.1) is 0 Å². The van der Waals surface area contributed by atoms with E-state index in [9.17, 15) is 0 Å². The normalized spacial score (nSPS) is 17.3. The summed E-state index contributed by atoms with van der Waals surface area (Å²) < 4.78 is 0. The number of rotatable bonds is 6. The molecule has 1 fully saturated rings. The summed E-state index contributed by atoms with van der Waals surface area (Å²) in [4.78, 5) is 2.44. The third-order valence-corrected chi connectivity index (χ3v) is 3.81. The van der Waals surface area contributed by atoms with Gasteiger partial charge in [0.05, 0.1) is 0 Å². The van der Waals surface area contributed by atoms with Crippen LogP contribution in [0.25, 0.3) is 0 Å². The van der Waals surface area contributed by atoms with E-state index < -0.39 is 0 Å². The third kappa shape index (κ3) is 2.85. The highest BCUT2D eigenvalue weighted by Crippen LogP contribution is 2.33. The molecule has 100 valence electrons. The van der Waals surface area contributed by atoms with Crippen molar-refractivity contribution in [2.24, 2.45) is 5.73 Å². The summed E-state index contributed by atoms with van der Waals surface area (Å²) in [5, 5.41) is 9.06. The number of anilines is 1. The Morgan fingerprint density at radius 1 is 1.39 bits per heavy atom. The first kappa shape index (κ1) is 13.4. The molecule has 0 bridgehead atoms. The Kier molecular flexibility index (Phi) is 4.61. The predicted octanol–water partition coefficient (Wildman–Crippen LogP) is 2.45. The lowest BCUT2D eigenvalue weighted by Gasteiger charge is -2.40. The molecular formula is C15H24N2O. The van der Waals surface area contributed by atoms with Crippen molar-refractivity contribution < 1.29 is 5.11 Å². The van der Waals surface area contributed by atoms with E-state index in [0.717, 1.165) is 13.0 Å². The summed E-state index contributed by atoms with van der Waals surface area (Å²) in [5.41, 5.74) is 8.53. The summed E-state index contributed by atoms with van der Waals surface area (Å²) in [6, 6.07) is 9.09. The Balaban J connectivity index is 2.23. The van der Waals surface area contributed by atoms with Crippen LogP contribution in [0.4, 0.5) is 5.69 Å². The molecule has 3 nitrogen and oxygen atoms in total. The van der Waals surface area contributed by atoms with Gasteiger partial charge in [0.1, 0.15) is 0 Å². The monoisotopic (exact) mass is 248 g/mol. The fourth-order valence-corrected chi connectivity index (χ4v) is 2.57. The van der Waals surface area contributed by atoms with Crippen molar-refractivity contribution in [1.82, 2.24) is 0 Å². The predicted molar refractivity (Wildman–Crippen MR) is 75.7 cm³/mol. The first-order valence-corrected chi connectivity index (χ1v) is 6.96. The van der Waals surface area contributed by atoms with Crippen molar-refractivity contribution in [1.29, 1.82) is 0 Å². The van der Waals surface area contributed by atoms with Gasteiger partial charge in [-0.15, -0.1) is 0 Å². The van der Waals surface area contributed by atoms with Crippen molar-refractivity contribution in [3.05, 3.63) is 29.8 Å². The minimum Gasteiger partial charge on any atom is -0.396 e. The summed E-state index contributed by atoms with van der Waals surface area (Å²) in [6.07, 6.45) is 4.67. The van der Waals surface area contributed by atoms with E-state index >= 15 is 0 Å². The zero-order valence-corrected chi connectivity index (χ0v) is 11.2. The first-order chi connectivity index (χ1) is 8.74. The van der Waals surface area contributed by atoms with Crippen molar-refractivity contribution >= 4 is 5.69 Å². The fourth-order valence-electron chi connectivity index (χ4n) is 2.57. The van der Waals surface area contributed by atoms with Crippen LogP contribution in [-0.4, -0.2) is 24.3 Å². The summed E-state index contributed by atoms with van der Waals surface area (Å²) in [5.74, 6) is 0. The van der Waals surface area contributed by atoms with E-state index in [2.05, 4.69) is 23.1 Å². The lowest BCUT2D eigenvalue weighted by molar-refractivity contribution is 0.283. The standard InChI is InChI=1S/C15H24N2O/c1-12(16)14-8-2-3-9-15(14)17(10-5-11-18)13-6-4-7-13/h2-3,8-9,12-13,18H,4-7,10-11,16H2,1H3. The van der Waals surface area contributed by atoms with Gasteiger partial charge in [-0.05, 0) is 44.2 Å². The van der Waals surface area contributed by atoms with Gasteiger partial charge in [-0.1, -0.05) is 18.2 Å². The quantitative estimate of drug-likeness (QED) is 0.813. The molecule has 1 aromatic rings. The van der Waals surface area contributed by atoms with Gasteiger partial charge in [0.15, 0.2) is 0 Å². The van der Waals surface area contributed by atoms with Gasteiger partial charge in [-0.3, -0.25) is 0 Å². The number of para-hydroxylation sites is 1. The molecule has 0 spiro atoms. The van der Waals surface area contributed by atoms with Gasteiger partial charge >= 0.3 is 0 Å². The van der Waals surface area contributed by atoms with E-state index in [-0.39, 0.29) is 12.6 Å². The molecule has 1 aliphatic carbocycles. The molecule has 3 N–H and O–H groups in total. The second kappa shape index (κ2) is 6.21. The number of aliphatic hydroxyl groups is 1. The molecule has 0 saturated heterocycles. The maximum absolute atomic E-state index is 9.06. The Labute approximate surface area is 110 Å². The van der Waals surface area contributed by atoms with Crippen molar-refractivity contribution in [2.45, 2.75) is 44.7 Å². The van der Waals surface area contributed by atoms with E-state index in [4.69, 9.17) is 10.8 Å². The average molecular weight is 248 g/mol. The number of hydrogen-bond acceptors (Lipinski definition) is 3. The van der Waals surface area contributed by atoms with Crippen LogP contribution in [0.3, 0.4) is 0 Å². The van der Waals surface area contributed by atoms with Gasteiger partial charge < -0.3 is 15.7 Å². The fraction of sp³-hybridized carbons (Fsp3) is 0.600. The van der Waals surface area contributed by atoms with Crippen LogP contribution in [0.2, 0.25) is 0 Å². The molecule has 1 atom stereocenters. The molecule has 1 aliphatic rings. The molecule has 0 radical (unpaired) electrons. The second-order valence-corrected chi connectivity index (χ2v) is 5.20. The van der Waals surface area contributed by atoms with Gasteiger partial charge in [-0.2, -0.15) is 0 Å². The molecule has 1 unspecified atom stereocenters. The number of aliphatic hydroxyl groups excluding tert-OH is 1. The van der Waals surface area contributed by atoms with Gasteiger partial charge in [0.25, 0.3) is 0 Å². The van der Waals surface area contributed by atoms with E-state index in [1.165, 1.54) is 30.5 Å². The number of benzene rings is 1. The van der Waals surface area contributed by atoms with Crippen molar-refractivity contribution in [3.63, 3.8) is 0 Å². The zero-order chi connectivity index (χ0) is 13.0. The van der Waals surface area contributed by atoms with E-state index in [0.29, 0.717) is 6.04 Å². The second-order valence-electron chi connectivity index (χ2n) is 5.20. The molecule has 3 heteroatoms. The SMILES string of the molecule is CC(N)c1ccccc1N(CCCO)C1CCC1. The Hall–Kier alpha value is -1.06. The molecule has 18 heavy (non-hydrogen) atoms. The van der Waals surface area contributed by atoms with Crippen LogP contribution >= 0.6 is 0 Å². The van der Waals surface area contributed by atoms with Crippen LogP contribution < -0.4 is 10.6 Å². The molecule has 0 amide bonds. The molecule has 0 aromatic heterocycles. The highest BCUT2D eigenvalue weighted by atomic mass is 16.3. The number of nitrogens with two attached hydrogens (primary N) is 1. The Bertz CT molecular complexity index is 375. The first-order valence-electron chi connectivity index (χ1n) is 6.96. The van der Waals surface area contributed by atoms with E-state index in [1.54, 1.807) is 0 Å². The van der Waals surface area contributed by atoms with Crippen LogP contribution in [0.15, 0.2) is 24.3 Å². The summed E-state index contributed by atoms with van der Waals surface area (Å²) in [6.45, 7) is 3.21. The van der Waals surface area contributed by atoms with Crippen LogP contribution in [0.5, 0.6) is 0 Å². The molecule has 1 aromatic carbocycles. The van der Waals surface area contributed by atoms with Gasteiger partial charge in [0.2, 0.25) is 0 Å². The highest BCUT2D eigenvalue weighted by Gasteiger charge is 2.26. The topological polar surface area (TPSA) is 49.5 Å². The maximum Gasteiger partial charge on any atom is 0.0447 e. The van der Waals surface area contributed by atoms with Crippen molar-refractivity contribution in [2.75, 3.05) is 18.1 Å². The smallest absolute Gasteiger partial charge is 0.0447 e.